The number of hydrogen-bond acceptors (Lipinski definition) is 2. The Bertz CT molecular complexity index is 915. The van der Waals surface area contributed by atoms with Crippen molar-refractivity contribution in [2.45, 2.75) is 36.7 Å². The lowest BCUT2D eigenvalue weighted by molar-refractivity contribution is -0.137. The Kier molecular flexibility index (Phi) is 6.69. The third-order valence-corrected chi connectivity index (χ3v) is 5.69. The van der Waals surface area contributed by atoms with Gasteiger partial charge in [0.05, 0.1) is 5.56 Å². The number of hydrogen-bond donors (Lipinski definition) is 1. The van der Waals surface area contributed by atoms with Gasteiger partial charge in [0.15, 0.2) is 0 Å². The number of thioether (sulfide) groups is 1. The van der Waals surface area contributed by atoms with Crippen molar-refractivity contribution >= 4 is 35.2 Å². The van der Waals surface area contributed by atoms with Gasteiger partial charge in [-0.3, -0.25) is 0 Å². The standard InChI is InChI=1S/C11H7F3S.C10H14S/c12-11(13,14)8-4-5-9-7(6-8)2-1-3-10(9)15;1-7-5-6-10(11-4)9(3)8(7)2/h1-6,15H;5-6H,1-4H3. The van der Waals surface area contributed by atoms with Crippen LogP contribution in [-0.4, -0.2) is 6.26 Å². The largest absolute Gasteiger partial charge is 0.416 e. The van der Waals surface area contributed by atoms with Gasteiger partial charge in [-0.15, -0.1) is 24.4 Å². The molecule has 0 aliphatic rings. The Labute approximate surface area is 162 Å². The third kappa shape index (κ3) is 4.77. The van der Waals surface area contributed by atoms with Crippen molar-refractivity contribution in [3.63, 3.8) is 0 Å². The van der Waals surface area contributed by atoms with Crippen LogP contribution in [0.25, 0.3) is 10.8 Å². The average molecular weight is 395 g/mol. The molecule has 0 fully saturated rings. The minimum atomic E-state index is -4.29. The zero-order valence-corrected chi connectivity index (χ0v) is 16.8. The predicted octanol–water partition coefficient (Wildman–Crippen LogP) is 7.48. The molecule has 3 aromatic carbocycles. The minimum absolute atomic E-state index is 0.553. The van der Waals surface area contributed by atoms with Gasteiger partial charge in [-0.05, 0) is 78.8 Å². The molecule has 0 radical (unpaired) electrons. The highest BCUT2D eigenvalue weighted by Gasteiger charge is 2.30. The molecule has 0 heterocycles. The molecular weight excluding hydrogens is 373 g/mol. The van der Waals surface area contributed by atoms with Crippen LogP contribution in [0, 0.1) is 20.8 Å². The van der Waals surface area contributed by atoms with Crippen molar-refractivity contribution in [2.75, 3.05) is 6.26 Å². The second-order valence-corrected chi connectivity index (χ2v) is 7.38. The summed E-state index contributed by atoms with van der Waals surface area (Å²) in [4.78, 5) is 2.08. The summed E-state index contributed by atoms with van der Waals surface area (Å²) in [5.41, 5.74) is 3.61. The highest BCUT2D eigenvalue weighted by atomic mass is 32.2. The Morgan fingerprint density at radius 2 is 1.58 bits per heavy atom. The summed E-state index contributed by atoms with van der Waals surface area (Å²) < 4.78 is 37.2. The first-order chi connectivity index (χ1) is 12.1. The van der Waals surface area contributed by atoms with Crippen LogP contribution in [-0.2, 0) is 6.18 Å². The summed E-state index contributed by atoms with van der Waals surface area (Å²) in [5.74, 6) is 0. The summed E-state index contributed by atoms with van der Waals surface area (Å²) in [7, 11) is 0. The summed E-state index contributed by atoms with van der Waals surface area (Å²) in [6.45, 7) is 6.53. The highest BCUT2D eigenvalue weighted by Crippen LogP contribution is 2.32. The molecule has 0 unspecified atom stereocenters. The van der Waals surface area contributed by atoms with Gasteiger partial charge >= 0.3 is 6.18 Å². The molecule has 5 heteroatoms. The lowest BCUT2D eigenvalue weighted by Gasteiger charge is -2.08. The molecule has 0 bridgehead atoms. The molecule has 0 aliphatic heterocycles. The first kappa shape index (κ1) is 20.7. The van der Waals surface area contributed by atoms with E-state index in [1.807, 2.05) is 11.8 Å². The molecule has 3 aromatic rings. The van der Waals surface area contributed by atoms with E-state index in [2.05, 4.69) is 51.8 Å². The Morgan fingerprint density at radius 1 is 0.885 bits per heavy atom. The molecule has 0 nitrogen and oxygen atoms in total. The van der Waals surface area contributed by atoms with Gasteiger partial charge in [-0.25, -0.2) is 0 Å². The lowest BCUT2D eigenvalue weighted by atomic mass is 10.1. The Balaban J connectivity index is 0.000000197. The van der Waals surface area contributed by atoms with Gasteiger partial charge in [0.1, 0.15) is 0 Å². The van der Waals surface area contributed by atoms with E-state index in [-0.39, 0.29) is 0 Å². The maximum absolute atomic E-state index is 12.4. The van der Waals surface area contributed by atoms with Crippen molar-refractivity contribution in [2.24, 2.45) is 0 Å². The topological polar surface area (TPSA) is 0 Å². The van der Waals surface area contributed by atoms with Crippen LogP contribution in [0.4, 0.5) is 13.2 Å². The van der Waals surface area contributed by atoms with Gasteiger partial charge in [0.2, 0.25) is 0 Å². The van der Waals surface area contributed by atoms with Crippen molar-refractivity contribution in [3.05, 3.63) is 70.8 Å². The fourth-order valence-electron chi connectivity index (χ4n) is 2.60. The fraction of sp³-hybridized carbons (Fsp3) is 0.238. The highest BCUT2D eigenvalue weighted by molar-refractivity contribution is 7.98. The maximum atomic E-state index is 12.4. The average Bonchev–Trinajstić information content (AvgIpc) is 2.60. The molecule has 0 aromatic heterocycles. The first-order valence-corrected chi connectivity index (χ1v) is 9.72. The smallest absolute Gasteiger partial charge is 0.166 e. The van der Waals surface area contributed by atoms with E-state index in [4.69, 9.17) is 0 Å². The van der Waals surface area contributed by atoms with Crippen molar-refractivity contribution in [1.82, 2.24) is 0 Å². The Morgan fingerprint density at radius 3 is 2.19 bits per heavy atom. The number of halogens is 3. The number of benzene rings is 3. The molecule has 0 aliphatic carbocycles. The van der Waals surface area contributed by atoms with E-state index >= 15 is 0 Å². The van der Waals surface area contributed by atoms with Crippen molar-refractivity contribution < 1.29 is 13.2 Å². The fourth-order valence-corrected chi connectivity index (χ4v) is 3.55. The van der Waals surface area contributed by atoms with Crippen LogP contribution < -0.4 is 0 Å². The van der Waals surface area contributed by atoms with Crippen LogP contribution in [0.1, 0.15) is 22.3 Å². The second kappa shape index (κ2) is 8.40. The van der Waals surface area contributed by atoms with Crippen LogP contribution >= 0.6 is 24.4 Å². The maximum Gasteiger partial charge on any atom is 0.416 e. The molecule has 0 atom stereocenters. The van der Waals surface area contributed by atoms with Gasteiger partial charge in [-0.1, -0.05) is 24.3 Å². The minimum Gasteiger partial charge on any atom is -0.166 e. The van der Waals surface area contributed by atoms with Crippen LogP contribution in [0.15, 0.2) is 58.3 Å². The lowest BCUT2D eigenvalue weighted by Crippen LogP contribution is -2.04. The second-order valence-electron chi connectivity index (χ2n) is 6.05. The SMILES string of the molecule is CSc1ccc(C)c(C)c1C.FC(F)(F)c1ccc2c(S)cccc2c1. The number of aryl methyl sites for hydroxylation is 1. The first-order valence-electron chi connectivity index (χ1n) is 8.05. The van der Waals surface area contributed by atoms with E-state index in [1.165, 1.54) is 27.7 Å². The molecule has 0 saturated heterocycles. The third-order valence-electron chi connectivity index (χ3n) is 4.41. The van der Waals surface area contributed by atoms with Gasteiger partial charge in [0.25, 0.3) is 0 Å². The molecule has 0 amide bonds. The van der Waals surface area contributed by atoms with Gasteiger partial charge in [-0.2, -0.15) is 13.2 Å². The van der Waals surface area contributed by atoms with Crippen LogP contribution in [0.3, 0.4) is 0 Å². The number of alkyl halides is 3. The number of rotatable bonds is 1. The molecule has 3 rings (SSSR count). The monoisotopic (exact) mass is 394 g/mol. The molecule has 0 saturated carbocycles. The van der Waals surface area contributed by atoms with E-state index in [0.29, 0.717) is 10.3 Å². The Hall–Kier alpha value is -1.59. The van der Waals surface area contributed by atoms with Crippen LogP contribution in [0.5, 0.6) is 0 Å². The normalized spacial score (nSPS) is 11.2. The number of fused-ring (bicyclic) bond motifs is 1. The number of thiol groups is 1. The quantitative estimate of drug-likeness (QED) is 0.330. The summed E-state index contributed by atoms with van der Waals surface area (Å²) in [6, 6.07) is 13.1. The molecular formula is C21H21F3S2. The predicted molar refractivity (Wildman–Crippen MR) is 109 cm³/mol. The van der Waals surface area contributed by atoms with Gasteiger partial charge in [0, 0.05) is 9.79 Å². The molecule has 26 heavy (non-hydrogen) atoms. The molecule has 138 valence electrons. The van der Waals surface area contributed by atoms with Crippen molar-refractivity contribution in [3.8, 4) is 0 Å². The van der Waals surface area contributed by atoms with E-state index in [9.17, 15) is 13.2 Å². The van der Waals surface area contributed by atoms with E-state index in [0.717, 1.165) is 17.5 Å². The summed E-state index contributed by atoms with van der Waals surface area (Å²) in [6.07, 6.45) is -2.17. The zero-order valence-electron chi connectivity index (χ0n) is 15.1. The van der Waals surface area contributed by atoms with Crippen molar-refractivity contribution in [1.29, 1.82) is 0 Å². The zero-order chi connectivity index (χ0) is 19.5. The molecule has 0 N–H and O–H groups in total. The summed E-state index contributed by atoms with van der Waals surface area (Å²) in [5, 5.41) is 1.28. The van der Waals surface area contributed by atoms with E-state index < -0.39 is 11.7 Å². The van der Waals surface area contributed by atoms with Crippen LogP contribution in [0.2, 0.25) is 0 Å². The van der Waals surface area contributed by atoms with E-state index in [1.54, 1.807) is 18.2 Å². The van der Waals surface area contributed by atoms with Gasteiger partial charge < -0.3 is 0 Å². The summed E-state index contributed by atoms with van der Waals surface area (Å²) >= 11 is 5.99. The molecule has 0 spiro atoms.